The molecule has 2 N–H and O–H groups in total. The van der Waals surface area contributed by atoms with Crippen molar-refractivity contribution in [3.63, 3.8) is 0 Å². The fourth-order valence-electron chi connectivity index (χ4n) is 3.51. The van der Waals surface area contributed by atoms with E-state index >= 15 is 0 Å². The third-order valence-electron chi connectivity index (χ3n) is 5.09. The van der Waals surface area contributed by atoms with E-state index in [1.807, 2.05) is 11.0 Å². The molecular weight excluding hydrogens is 248 g/mol. The Morgan fingerprint density at radius 1 is 1.45 bits per heavy atom. The topological polar surface area (TPSA) is 46.3 Å². The van der Waals surface area contributed by atoms with E-state index in [0.717, 1.165) is 18.5 Å². The molecule has 1 saturated carbocycles. The van der Waals surface area contributed by atoms with E-state index in [9.17, 15) is 4.79 Å². The zero-order valence-corrected chi connectivity index (χ0v) is 12.5. The molecule has 0 radical (unpaired) electrons. The van der Waals surface area contributed by atoms with Gasteiger partial charge in [0.25, 0.3) is 5.91 Å². The van der Waals surface area contributed by atoms with E-state index in [0.29, 0.717) is 12.0 Å². The zero-order valence-electron chi connectivity index (χ0n) is 12.5. The molecule has 1 aromatic carbocycles. The largest absolute Gasteiger partial charge is 0.337 e. The molecule has 108 valence electrons. The number of amides is 1. The number of carbonyl (C=O) groups is 1. The van der Waals surface area contributed by atoms with Crippen LogP contribution in [0.3, 0.4) is 0 Å². The van der Waals surface area contributed by atoms with Gasteiger partial charge in [-0.1, -0.05) is 13.0 Å². The number of benzene rings is 1. The highest BCUT2D eigenvalue weighted by molar-refractivity contribution is 5.94. The molecule has 1 amide bonds. The number of nitrogens with two attached hydrogens (primary N) is 1. The maximum absolute atomic E-state index is 12.5. The normalized spacial score (nSPS) is 23.9. The number of aryl methyl sites for hydroxylation is 1. The van der Waals surface area contributed by atoms with Crippen LogP contribution in [0.1, 0.15) is 54.1 Å². The summed E-state index contributed by atoms with van der Waals surface area (Å²) in [5, 5.41) is 0. The lowest BCUT2D eigenvalue weighted by molar-refractivity contribution is 0.0790. The van der Waals surface area contributed by atoms with Crippen molar-refractivity contribution in [2.45, 2.75) is 51.0 Å². The second-order valence-corrected chi connectivity index (χ2v) is 6.46. The molecule has 2 aliphatic rings. The summed E-state index contributed by atoms with van der Waals surface area (Å²) in [5.41, 5.74) is 9.80. The number of hydrogen-bond acceptors (Lipinski definition) is 2. The first kappa shape index (κ1) is 13.6. The standard InChI is InChI=1S/C17H24N2O/c1-3-17(7-8-17)15-5-4-13(10-12(15)2)16(20)19-9-6-14(18)11-19/h4-5,10,14H,3,6-9,11,18H2,1-2H3. The summed E-state index contributed by atoms with van der Waals surface area (Å²) in [6, 6.07) is 6.39. The van der Waals surface area contributed by atoms with Crippen LogP contribution in [-0.4, -0.2) is 29.9 Å². The number of likely N-dealkylation sites (tertiary alicyclic amines) is 1. The van der Waals surface area contributed by atoms with Gasteiger partial charge in [-0.2, -0.15) is 0 Å². The van der Waals surface area contributed by atoms with E-state index in [1.54, 1.807) is 0 Å². The summed E-state index contributed by atoms with van der Waals surface area (Å²) in [5.74, 6) is 0.133. The molecule has 1 aromatic rings. The van der Waals surface area contributed by atoms with E-state index in [-0.39, 0.29) is 11.9 Å². The first-order chi connectivity index (χ1) is 9.55. The summed E-state index contributed by atoms with van der Waals surface area (Å²) < 4.78 is 0. The van der Waals surface area contributed by atoms with Gasteiger partial charge in [0.15, 0.2) is 0 Å². The fraction of sp³-hybridized carbons (Fsp3) is 0.588. The number of carbonyl (C=O) groups excluding carboxylic acids is 1. The van der Waals surface area contributed by atoms with Crippen molar-refractivity contribution in [3.05, 3.63) is 34.9 Å². The average molecular weight is 272 g/mol. The Kier molecular flexibility index (Phi) is 3.33. The second-order valence-electron chi connectivity index (χ2n) is 6.46. The van der Waals surface area contributed by atoms with Gasteiger partial charge < -0.3 is 10.6 Å². The van der Waals surface area contributed by atoms with Gasteiger partial charge in [0.2, 0.25) is 0 Å². The van der Waals surface area contributed by atoms with Crippen LogP contribution in [0.4, 0.5) is 0 Å². The van der Waals surface area contributed by atoms with Crippen LogP contribution in [-0.2, 0) is 5.41 Å². The Morgan fingerprint density at radius 2 is 2.20 bits per heavy atom. The van der Waals surface area contributed by atoms with Crippen LogP contribution in [0.5, 0.6) is 0 Å². The molecule has 0 spiro atoms. The highest BCUT2D eigenvalue weighted by Crippen LogP contribution is 2.51. The van der Waals surface area contributed by atoms with Crippen LogP contribution in [0.25, 0.3) is 0 Å². The minimum absolute atomic E-state index is 0.133. The van der Waals surface area contributed by atoms with Crippen molar-refractivity contribution in [2.75, 3.05) is 13.1 Å². The SMILES string of the molecule is CCC1(c2ccc(C(=O)N3CCC(N)C3)cc2C)CC1. The Morgan fingerprint density at radius 3 is 2.70 bits per heavy atom. The molecule has 1 unspecified atom stereocenters. The van der Waals surface area contributed by atoms with Crippen molar-refractivity contribution < 1.29 is 4.79 Å². The van der Waals surface area contributed by atoms with E-state index in [4.69, 9.17) is 5.73 Å². The van der Waals surface area contributed by atoms with Crippen LogP contribution in [0.2, 0.25) is 0 Å². The van der Waals surface area contributed by atoms with Crippen molar-refractivity contribution in [1.29, 1.82) is 0 Å². The highest BCUT2D eigenvalue weighted by Gasteiger charge is 2.43. The second kappa shape index (κ2) is 4.88. The maximum atomic E-state index is 12.5. The minimum atomic E-state index is 0.133. The molecule has 2 fully saturated rings. The van der Waals surface area contributed by atoms with Gasteiger partial charge in [0.1, 0.15) is 0 Å². The lowest BCUT2D eigenvalue weighted by Crippen LogP contribution is -2.32. The molecule has 3 nitrogen and oxygen atoms in total. The van der Waals surface area contributed by atoms with Crippen LogP contribution in [0, 0.1) is 6.92 Å². The smallest absolute Gasteiger partial charge is 0.253 e. The van der Waals surface area contributed by atoms with Crippen molar-refractivity contribution in [1.82, 2.24) is 4.90 Å². The molecule has 3 rings (SSSR count). The quantitative estimate of drug-likeness (QED) is 0.919. The van der Waals surface area contributed by atoms with Gasteiger partial charge in [0, 0.05) is 24.7 Å². The predicted octanol–water partition coefficient (Wildman–Crippen LogP) is 2.61. The number of nitrogens with zero attached hydrogens (tertiary/aromatic N) is 1. The first-order valence-corrected chi connectivity index (χ1v) is 7.72. The lowest BCUT2D eigenvalue weighted by atomic mass is 9.88. The van der Waals surface area contributed by atoms with Gasteiger partial charge in [-0.15, -0.1) is 0 Å². The number of hydrogen-bond donors (Lipinski definition) is 1. The molecule has 3 heteroatoms. The third-order valence-corrected chi connectivity index (χ3v) is 5.09. The Hall–Kier alpha value is -1.35. The maximum Gasteiger partial charge on any atom is 0.253 e. The fourth-order valence-corrected chi connectivity index (χ4v) is 3.51. The minimum Gasteiger partial charge on any atom is -0.337 e. The van der Waals surface area contributed by atoms with Crippen molar-refractivity contribution in [2.24, 2.45) is 5.73 Å². The molecule has 1 aliphatic heterocycles. The Balaban J connectivity index is 1.82. The molecule has 1 saturated heterocycles. The molecule has 1 heterocycles. The van der Waals surface area contributed by atoms with Gasteiger partial charge in [0.05, 0.1) is 0 Å². The van der Waals surface area contributed by atoms with Crippen LogP contribution >= 0.6 is 0 Å². The van der Waals surface area contributed by atoms with Gasteiger partial charge in [-0.05, 0) is 61.3 Å². The predicted molar refractivity (Wildman–Crippen MR) is 80.9 cm³/mol. The van der Waals surface area contributed by atoms with Gasteiger partial charge in [-0.3, -0.25) is 4.79 Å². The van der Waals surface area contributed by atoms with Crippen LogP contribution < -0.4 is 5.73 Å². The van der Waals surface area contributed by atoms with E-state index < -0.39 is 0 Å². The van der Waals surface area contributed by atoms with E-state index in [2.05, 4.69) is 26.0 Å². The summed E-state index contributed by atoms with van der Waals surface area (Å²) in [4.78, 5) is 14.3. The summed E-state index contributed by atoms with van der Waals surface area (Å²) >= 11 is 0. The van der Waals surface area contributed by atoms with Crippen molar-refractivity contribution >= 4 is 5.91 Å². The summed E-state index contributed by atoms with van der Waals surface area (Å²) in [6.45, 7) is 5.88. The van der Waals surface area contributed by atoms with Gasteiger partial charge >= 0.3 is 0 Å². The van der Waals surface area contributed by atoms with Crippen molar-refractivity contribution in [3.8, 4) is 0 Å². The summed E-state index contributed by atoms with van der Waals surface area (Å²) in [7, 11) is 0. The molecule has 20 heavy (non-hydrogen) atoms. The summed E-state index contributed by atoms with van der Waals surface area (Å²) in [6.07, 6.45) is 4.70. The Bertz CT molecular complexity index is 534. The average Bonchev–Trinajstić information content (AvgIpc) is 3.12. The zero-order chi connectivity index (χ0) is 14.3. The Labute approximate surface area is 121 Å². The highest BCUT2D eigenvalue weighted by atomic mass is 16.2. The monoisotopic (exact) mass is 272 g/mol. The van der Waals surface area contributed by atoms with Crippen LogP contribution in [0.15, 0.2) is 18.2 Å². The molecule has 0 bridgehead atoms. The first-order valence-electron chi connectivity index (χ1n) is 7.72. The van der Waals surface area contributed by atoms with Gasteiger partial charge in [-0.25, -0.2) is 0 Å². The third kappa shape index (κ3) is 2.24. The number of rotatable bonds is 3. The molecule has 1 aliphatic carbocycles. The van der Waals surface area contributed by atoms with E-state index in [1.165, 1.54) is 30.4 Å². The molecule has 1 atom stereocenters. The molecule has 0 aromatic heterocycles. The lowest BCUT2D eigenvalue weighted by Gasteiger charge is -2.19. The molecular formula is C17H24N2O.